The fraction of sp³-hybridized carbons (Fsp3) is 0.500. The van der Waals surface area contributed by atoms with Crippen molar-refractivity contribution < 1.29 is 19.4 Å². The van der Waals surface area contributed by atoms with Crippen LogP contribution in [0.3, 0.4) is 0 Å². The summed E-state index contributed by atoms with van der Waals surface area (Å²) < 4.78 is 10.5. The van der Waals surface area contributed by atoms with Crippen molar-refractivity contribution in [2.24, 2.45) is 0 Å². The molecule has 0 aromatic heterocycles. The third-order valence-electron chi connectivity index (χ3n) is 3.41. The molecule has 1 saturated heterocycles. The Bertz CT molecular complexity index is 409. The average molecular weight is 265 g/mol. The van der Waals surface area contributed by atoms with Crippen LogP contribution in [-0.2, 0) is 16.1 Å². The number of likely N-dealkylation sites (tertiary alicyclic amines) is 1. The van der Waals surface area contributed by atoms with Gasteiger partial charge in [-0.25, -0.2) is 4.79 Å². The largest absolute Gasteiger partial charge is 0.445 e. The van der Waals surface area contributed by atoms with E-state index in [2.05, 4.69) is 0 Å². The number of carbonyl (C=O) groups excluding carboxylic acids is 1. The van der Waals surface area contributed by atoms with Crippen molar-refractivity contribution in [1.82, 2.24) is 4.90 Å². The first-order valence-corrected chi connectivity index (χ1v) is 6.37. The zero-order valence-corrected chi connectivity index (χ0v) is 11.0. The summed E-state index contributed by atoms with van der Waals surface area (Å²) in [5.74, 6) is 0. The summed E-state index contributed by atoms with van der Waals surface area (Å²) in [5, 5.41) is 9.34. The second kappa shape index (κ2) is 6.54. The fourth-order valence-corrected chi connectivity index (χ4v) is 2.35. The Kier molecular flexibility index (Phi) is 4.76. The third kappa shape index (κ3) is 3.24. The first-order chi connectivity index (χ1) is 9.26. The van der Waals surface area contributed by atoms with Gasteiger partial charge in [-0.3, -0.25) is 0 Å². The van der Waals surface area contributed by atoms with Gasteiger partial charge in [0.1, 0.15) is 6.61 Å². The second-order valence-electron chi connectivity index (χ2n) is 4.55. The van der Waals surface area contributed by atoms with E-state index in [1.54, 1.807) is 7.11 Å². The van der Waals surface area contributed by atoms with E-state index in [9.17, 15) is 9.90 Å². The van der Waals surface area contributed by atoms with Crippen molar-refractivity contribution in [2.45, 2.75) is 25.2 Å². The lowest BCUT2D eigenvalue weighted by atomic mass is 10.2. The Balaban J connectivity index is 1.89. The number of aliphatic hydroxyl groups is 1. The first-order valence-electron chi connectivity index (χ1n) is 6.37. The molecule has 2 atom stereocenters. The Labute approximate surface area is 112 Å². The molecular formula is C14H19NO4. The Morgan fingerprint density at radius 3 is 2.79 bits per heavy atom. The highest BCUT2D eigenvalue weighted by molar-refractivity contribution is 5.68. The molecule has 1 heterocycles. The molecule has 2 unspecified atom stereocenters. The molecule has 104 valence electrons. The molecule has 2 rings (SSSR count). The van der Waals surface area contributed by atoms with Crippen LogP contribution < -0.4 is 0 Å². The quantitative estimate of drug-likeness (QED) is 0.894. The molecule has 5 nitrogen and oxygen atoms in total. The minimum Gasteiger partial charge on any atom is -0.445 e. The summed E-state index contributed by atoms with van der Waals surface area (Å²) in [6, 6.07) is 9.20. The van der Waals surface area contributed by atoms with Crippen LogP contribution >= 0.6 is 0 Å². The second-order valence-corrected chi connectivity index (χ2v) is 4.55. The summed E-state index contributed by atoms with van der Waals surface area (Å²) in [6.45, 7) is 0.683. The lowest BCUT2D eigenvalue weighted by Crippen LogP contribution is -2.42. The summed E-state index contributed by atoms with van der Waals surface area (Å²) in [7, 11) is 1.59. The summed E-state index contributed by atoms with van der Waals surface area (Å²) in [6.07, 6.45) is 0.207. The molecule has 1 N–H and O–H groups in total. The van der Waals surface area contributed by atoms with E-state index in [1.807, 2.05) is 30.3 Å². The van der Waals surface area contributed by atoms with Crippen molar-refractivity contribution >= 4 is 6.09 Å². The fourth-order valence-electron chi connectivity index (χ4n) is 2.35. The number of aliphatic hydroxyl groups excluding tert-OH is 1. The van der Waals surface area contributed by atoms with Gasteiger partial charge < -0.3 is 19.5 Å². The van der Waals surface area contributed by atoms with Crippen LogP contribution in [0.15, 0.2) is 30.3 Å². The van der Waals surface area contributed by atoms with Gasteiger partial charge in [-0.2, -0.15) is 0 Å². The van der Waals surface area contributed by atoms with E-state index in [1.165, 1.54) is 4.90 Å². The lowest BCUT2D eigenvalue weighted by Gasteiger charge is -2.25. The zero-order chi connectivity index (χ0) is 13.7. The van der Waals surface area contributed by atoms with Gasteiger partial charge in [0.25, 0.3) is 0 Å². The van der Waals surface area contributed by atoms with Gasteiger partial charge >= 0.3 is 6.09 Å². The molecular weight excluding hydrogens is 246 g/mol. The number of carbonyl (C=O) groups is 1. The van der Waals surface area contributed by atoms with Gasteiger partial charge in [-0.1, -0.05) is 30.3 Å². The van der Waals surface area contributed by atoms with Crippen LogP contribution in [0.2, 0.25) is 0 Å². The van der Waals surface area contributed by atoms with Gasteiger partial charge in [0.05, 0.1) is 18.8 Å². The molecule has 19 heavy (non-hydrogen) atoms. The molecule has 1 fully saturated rings. The molecule has 1 aliphatic heterocycles. The van der Waals surface area contributed by atoms with Crippen molar-refractivity contribution in [3.05, 3.63) is 35.9 Å². The number of methoxy groups -OCH3 is 1. The molecule has 1 amide bonds. The van der Waals surface area contributed by atoms with Gasteiger partial charge in [-0.15, -0.1) is 0 Å². The first kappa shape index (κ1) is 13.8. The van der Waals surface area contributed by atoms with E-state index in [-0.39, 0.29) is 25.4 Å². The van der Waals surface area contributed by atoms with E-state index in [4.69, 9.17) is 9.47 Å². The van der Waals surface area contributed by atoms with E-state index in [0.717, 1.165) is 12.0 Å². The Morgan fingerprint density at radius 2 is 2.16 bits per heavy atom. The van der Waals surface area contributed by atoms with Crippen LogP contribution in [0.25, 0.3) is 0 Å². The maximum Gasteiger partial charge on any atom is 0.410 e. The normalized spacial score (nSPS) is 22.5. The van der Waals surface area contributed by atoms with Crippen molar-refractivity contribution in [2.75, 3.05) is 20.3 Å². The van der Waals surface area contributed by atoms with Crippen LogP contribution in [0.1, 0.15) is 12.0 Å². The topological polar surface area (TPSA) is 59.0 Å². The van der Waals surface area contributed by atoms with Crippen molar-refractivity contribution in [3.63, 3.8) is 0 Å². The number of nitrogens with zero attached hydrogens (tertiary/aromatic N) is 1. The van der Waals surface area contributed by atoms with E-state index in [0.29, 0.717) is 6.54 Å². The SMILES string of the molecule is COC1CCN(C(=O)OCc2ccccc2)C1CO. The summed E-state index contributed by atoms with van der Waals surface area (Å²) in [4.78, 5) is 13.5. The summed E-state index contributed by atoms with van der Waals surface area (Å²) in [5.41, 5.74) is 0.943. The number of amides is 1. The Hall–Kier alpha value is -1.59. The van der Waals surface area contributed by atoms with Crippen LogP contribution in [0, 0.1) is 0 Å². The van der Waals surface area contributed by atoms with E-state index >= 15 is 0 Å². The van der Waals surface area contributed by atoms with Crippen LogP contribution in [-0.4, -0.2) is 48.5 Å². The van der Waals surface area contributed by atoms with Crippen LogP contribution in [0.4, 0.5) is 4.79 Å². The van der Waals surface area contributed by atoms with Gasteiger partial charge in [-0.05, 0) is 12.0 Å². The minimum atomic E-state index is -0.401. The number of ether oxygens (including phenoxy) is 2. The van der Waals surface area contributed by atoms with Crippen molar-refractivity contribution in [1.29, 1.82) is 0 Å². The average Bonchev–Trinajstić information content (AvgIpc) is 2.88. The number of hydrogen-bond acceptors (Lipinski definition) is 4. The third-order valence-corrected chi connectivity index (χ3v) is 3.41. The molecule has 5 heteroatoms. The molecule has 0 radical (unpaired) electrons. The highest BCUT2D eigenvalue weighted by Crippen LogP contribution is 2.21. The number of hydrogen-bond donors (Lipinski definition) is 1. The predicted molar refractivity (Wildman–Crippen MR) is 69.6 cm³/mol. The molecule has 1 aliphatic rings. The molecule has 1 aromatic rings. The smallest absolute Gasteiger partial charge is 0.410 e. The highest BCUT2D eigenvalue weighted by Gasteiger charge is 2.37. The Morgan fingerprint density at radius 1 is 1.42 bits per heavy atom. The highest BCUT2D eigenvalue weighted by atomic mass is 16.6. The predicted octanol–water partition coefficient (Wildman–Crippen LogP) is 1.40. The zero-order valence-electron chi connectivity index (χ0n) is 11.0. The lowest BCUT2D eigenvalue weighted by molar-refractivity contribution is 0.0285. The number of rotatable bonds is 4. The standard InChI is InChI=1S/C14H19NO4/c1-18-13-7-8-15(12(13)9-16)14(17)19-10-11-5-3-2-4-6-11/h2-6,12-13,16H,7-10H2,1H3. The van der Waals surface area contributed by atoms with Gasteiger partial charge in [0, 0.05) is 13.7 Å². The molecule has 0 saturated carbocycles. The molecule has 1 aromatic carbocycles. The molecule has 0 aliphatic carbocycles. The van der Waals surface area contributed by atoms with Crippen molar-refractivity contribution in [3.8, 4) is 0 Å². The summed E-state index contributed by atoms with van der Waals surface area (Å²) >= 11 is 0. The molecule has 0 bridgehead atoms. The maximum atomic E-state index is 12.0. The molecule has 0 spiro atoms. The van der Waals surface area contributed by atoms with Gasteiger partial charge in [0.15, 0.2) is 0 Å². The van der Waals surface area contributed by atoms with E-state index < -0.39 is 6.09 Å². The number of benzene rings is 1. The maximum absolute atomic E-state index is 12.0. The van der Waals surface area contributed by atoms with Crippen LogP contribution in [0.5, 0.6) is 0 Å². The van der Waals surface area contributed by atoms with Gasteiger partial charge in [0.2, 0.25) is 0 Å². The monoisotopic (exact) mass is 265 g/mol. The minimum absolute atomic E-state index is 0.112.